The summed E-state index contributed by atoms with van der Waals surface area (Å²) in [6.07, 6.45) is 9.03. The summed E-state index contributed by atoms with van der Waals surface area (Å²) in [5, 5.41) is 16.1. The van der Waals surface area contributed by atoms with Gasteiger partial charge in [-0.1, -0.05) is 13.8 Å². The van der Waals surface area contributed by atoms with Crippen LogP contribution in [0.25, 0.3) is 22.2 Å². The van der Waals surface area contributed by atoms with E-state index in [1.165, 1.54) is 0 Å². The van der Waals surface area contributed by atoms with Crippen LogP contribution in [0.2, 0.25) is 0 Å². The summed E-state index contributed by atoms with van der Waals surface area (Å²) in [5.41, 5.74) is 4.82. The van der Waals surface area contributed by atoms with Gasteiger partial charge >= 0.3 is 0 Å². The lowest BCUT2D eigenvalue weighted by atomic mass is 10.1. The Morgan fingerprint density at radius 1 is 1.06 bits per heavy atom. The van der Waals surface area contributed by atoms with Gasteiger partial charge in [-0.15, -0.1) is 5.10 Å². The lowest BCUT2D eigenvalue weighted by Gasteiger charge is -2.30. The maximum atomic E-state index is 5.63. The Morgan fingerprint density at radius 3 is 2.83 bits per heavy atom. The summed E-state index contributed by atoms with van der Waals surface area (Å²) < 4.78 is 7.63. The molecule has 5 rings (SSSR count). The highest BCUT2D eigenvalue weighted by atomic mass is 16.5. The molecule has 0 saturated carbocycles. The van der Waals surface area contributed by atoms with Crippen molar-refractivity contribution in [2.75, 3.05) is 31.6 Å². The van der Waals surface area contributed by atoms with E-state index in [0.29, 0.717) is 23.7 Å². The monoisotopic (exact) mass is 472 g/mol. The van der Waals surface area contributed by atoms with E-state index in [2.05, 4.69) is 63.5 Å². The van der Waals surface area contributed by atoms with Crippen LogP contribution in [0, 0.1) is 0 Å². The van der Waals surface area contributed by atoms with E-state index in [-0.39, 0.29) is 0 Å². The predicted octanol–water partition coefficient (Wildman–Crippen LogP) is 4.26. The van der Waals surface area contributed by atoms with E-state index in [0.717, 1.165) is 66.9 Å². The molecular weight excluding hydrogens is 440 g/mol. The van der Waals surface area contributed by atoms with Gasteiger partial charge in [0.25, 0.3) is 0 Å². The van der Waals surface area contributed by atoms with Gasteiger partial charge in [-0.3, -0.25) is 14.6 Å². The molecular formula is C26H32N8O. The van der Waals surface area contributed by atoms with Gasteiger partial charge in [0.2, 0.25) is 0 Å². The second-order valence-corrected chi connectivity index (χ2v) is 9.44. The van der Waals surface area contributed by atoms with Crippen LogP contribution in [0.1, 0.15) is 38.7 Å². The van der Waals surface area contributed by atoms with Crippen molar-refractivity contribution in [3.63, 3.8) is 0 Å². The molecule has 0 aromatic carbocycles. The fourth-order valence-electron chi connectivity index (χ4n) is 4.31. The summed E-state index contributed by atoms with van der Waals surface area (Å²) in [5.74, 6) is 1.77. The van der Waals surface area contributed by atoms with Crippen molar-refractivity contribution in [3.05, 3.63) is 54.6 Å². The molecule has 1 N–H and O–H groups in total. The van der Waals surface area contributed by atoms with Crippen molar-refractivity contribution in [1.29, 1.82) is 0 Å². The molecule has 4 aromatic rings. The largest absolute Gasteiger partial charge is 0.376 e. The average molecular weight is 473 g/mol. The lowest BCUT2D eigenvalue weighted by Crippen LogP contribution is -2.41. The maximum Gasteiger partial charge on any atom is 0.154 e. The number of hydrogen-bond donors (Lipinski definition) is 1. The third-order valence-corrected chi connectivity index (χ3v) is 6.29. The van der Waals surface area contributed by atoms with Gasteiger partial charge in [-0.25, -0.2) is 4.98 Å². The number of fused-ring (bicyclic) bond motifs is 1. The molecule has 9 nitrogen and oxygen atoms in total. The van der Waals surface area contributed by atoms with E-state index in [9.17, 15) is 0 Å². The number of rotatable bonds is 8. The van der Waals surface area contributed by atoms with Gasteiger partial charge in [0.1, 0.15) is 5.82 Å². The molecule has 0 radical (unpaired) electrons. The third-order valence-electron chi connectivity index (χ3n) is 6.29. The zero-order chi connectivity index (χ0) is 24.2. The Bertz CT molecular complexity index is 1290. The van der Waals surface area contributed by atoms with E-state index in [1.807, 2.05) is 35.3 Å². The molecule has 182 valence electrons. The minimum absolute atomic E-state index is 0.322. The highest BCUT2D eigenvalue weighted by molar-refractivity contribution is 5.81. The molecule has 1 fully saturated rings. The molecule has 1 saturated heterocycles. The minimum atomic E-state index is 0.322. The molecule has 35 heavy (non-hydrogen) atoms. The van der Waals surface area contributed by atoms with E-state index < -0.39 is 0 Å². The van der Waals surface area contributed by atoms with Crippen molar-refractivity contribution in [1.82, 2.24) is 34.8 Å². The quantitative estimate of drug-likeness (QED) is 0.407. The number of pyridine rings is 2. The highest BCUT2D eigenvalue weighted by Crippen LogP contribution is 2.24. The van der Waals surface area contributed by atoms with Gasteiger partial charge in [0.15, 0.2) is 5.82 Å². The number of morpholine rings is 1. The van der Waals surface area contributed by atoms with E-state index >= 15 is 0 Å². The second-order valence-electron chi connectivity index (χ2n) is 9.44. The van der Waals surface area contributed by atoms with Crippen molar-refractivity contribution in [2.24, 2.45) is 0 Å². The Hall–Kier alpha value is -3.43. The molecule has 5 heterocycles. The van der Waals surface area contributed by atoms with Crippen LogP contribution in [-0.4, -0.2) is 67.2 Å². The minimum Gasteiger partial charge on any atom is -0.376 e. The first kappa shape index (κ1) is 23.3. The van der Waals surface area contributed by atoms with E-state index in [1.54, 1.807) is 6.20 Å². The molecule has 1 aliphatic rings. The molecule has 0 aliphatic carbocycles. The van der Waals surface area contributed by atoms with Crippen LogP contribution in [0.4, 0.5) is 11.6 Å². The Morgan fingerprint density at radius 2 is 1.97 bits per heavy atom. The fourth-order valence-corrected chi connectivity index (χ4v) is 4.31. The highest BCUT2D eigenvalue weighted by Gasteiger charge is 2.16. The van der Waals surface area contributed by atoms with Crippen LogP contribution >= 0.6 is 0 Å². The Labute approximate surface area is 205 Å². The van der Waals surface area contributed by atoms with Crippen LogP contribution in [-0.2, 0) is 11.3 Å². The number of nitrogens with zero attached hydrogens (tertiary/aromatic N) is 7. The summed E-state index contributed by atoms with van der Waals surface area (Å²) >= 11 is 0. The smallest absolute Gasteiger partial charge is 0.154 e. The number of nitrogens with one attached hydrogen (secondary N) is 1. The van der Waals surface area contributed by atoms with Gasteiger partial charge in [-0.05, 0) is 49.1 Å². The number of ether oxygens (including phenoxy) is 1. The topological polar surface area (TPSA) is 93.9 Å². The zero-order valence-electron chi connectivity index (χ0n) is 20.6. The number of aryl methyl sites for hydroxylation is 1. The number of anilines is 2. The molecule has 1 atom stereocenters. The van der Waals surface area contributed by atoms with Crippen molar-refractivity contribution in [3.8, 4) is 11.1 Å². The number of aromatic nitrogens is 6. The van der Waals surface area contributed by atoms with Gasteiger partial charge in [0.05, 0.1) is 36.1 Å². The van der Waals surface area contributed by atoms with Crippen LogP contribution in [0.5, 0.6) is 0 Å². The van der Waals surface area contributed by atoms with Gasteiger partial charge in [0, 0.05) is 49.7 Å². The summed E-state index contributed by atoms with van der Waals surface area (Å²) in [7, 11) is 0. The van der Waals surface area contributed by atoms with Crippen LogP contribution in [0.15, 0.2) is 49.1 Å². The van der Waals surface area contributed by atoms with Crippen molar-refractivity contribution in [2.45, 2.75) is 45.8 Å². The molecule has 0 amide bonds. The maximum absolute atomic E-state index is 5.63. The average Bonchev–Trinajstić information content (AvgIpc) is 3.33. The Balaban J connectivity index is 1.26. The first-order chi connectivity index (χ1) is 17.0. The normalized spacial score (nSPS) is 16.7. The Kier molecular flexibility index (Phi) is 6.96. The van der Waals surface area contributed by atoms with Crippen LogP contribution < -0.4 is 5.32 Å². The van der Waals surface area contributed by atoms with Crippen LogP contribution in [0.3, 0.4) is 0 Å². The first-order valence-electron chi connectivity index (χ1n) is 12.3. The van der Waals surface area contributed by atoms with Gasteiger partial charge < -0.3 is 10.1 Å². The first-order valence-corrected chi connectivity index (χ1v) is 12.3. The van der Waals surface area contributed by atoms with Crippen molar-refractivity contribution >= 4 is 22.7 Å². The molecule has 1 aliphatic heterocycles. The van der Waals surface area contributed by atoms with Crippen molar-refractivity contribution < 1.29 is 4.74 Å². The van der Waals surface area contributed by atoms with Gasteiger partial charge in [-0.2, -0.15) is 10.2 Å². The molecule has 0 spiro atoms. The summed E-state index contributed by atoms with van der Waals surface area (Å²) in [6.45, 7) is 11.2. The standard InChI is InChI=1S/C26H32N8O/c1-18(2)20-12-26(32-28-14-20)31-25-6-5-23-24(30-25)11-21(13-27-23)22-15-29-34(17-22)8-4-7-33-9-10-35-19(3)16-33/h5-6,11-15,17-19H,4,7-10,16H2,1-3H3,(H,30,31,32). The molecule has 1 unspecified atom stereocenters. The number of hydrogen-bond acceptors (Lipinski definition) is 8. The fraction of sp³-hybridized carbons (Fsp3) is 0.423. The lowest BCUT2D eigenvalue weighted by molar-refractivity contribution is -0.0188. The molecule has 4 aromatic heterocycles. The van der Waals surface area contributed by atoms with E-state index in [4.69, 9.17) is 9.72 Å². The summed E-state index contributed by atoms with van der Waals surface area (Å²) in [4.78, 5) is 11.8. The SMILES string of the molecule is CC1CN(CCCn2cc(-c3cnc4ccc(Nc5cc(C(C)C)cnn5)nc4c3)cn2)CCO1. The molecule has 0 bridgehead atoms. The third kappa shape index (κ3) is 5.80. The molecule has 9 heteroatoms. The predicted molar refractivity (Wildman–Crippen MR) is 137 cm³/mol. The summed E-state index contributed by atoms with van der Waals surface area (Å²) in [6, 6.07) is 7.93. The zero-order valence-corrected chi connectivity index (χ0v) is 20.6. The second kappa shape index (κ2) is 10.5.